The third-order valence-corrected chi connectivity index (χ3v) is 5.36. The van der Waals surface area contributed by atoms with Gasteiger partial charge in [0.15, 0.2) is 0 Å². The number of nitrogens with zero attached hydrogens (tertiary/aromatic N) is 2. The number of pyridine rings is 1. The highest BCUT2D eigenvalue weighted by Gasteiger charge is 2.14. The normalized spacial score (nSPS) is 11.6. The summed E-state index contributed by atoms with van der Waals surface area (Å²) in [5, 5.41) is 0. The van der Waals surface area contributed by atoms with Gasteiger partial charge in [0, 0.05) is 29.7 Å². The highest BCUT2D eigenvalue weighted by atomic mass is 32.2. The molecule has 0 aliphatic heterocycles. The van der Waals surface area contributed by atoms with E-state index in [1.165, 1.54) is 0 Å². The molecule has 0 aliphatic rings. The lowest BCUT2D eigenvalue weighted by Crippen LogP contribution is -2.15. The van der Waals surface area contributed by atoms with Gasteiger partial charge in [0.1, 0.15) is 17.3 Å². The molecule has 0 amide bonds. The van der Waals surface area contributed by atoms with Gasteiger partial charge in [-0.3, -0.25) is 4.72 Å². The maximum absolute atomic E-state index is 13.2. The van der Waals surface area contributed by atoms with Crippen LogP contribution in [0.25, 0.3) is 16.9 Å². The quantitative estimate of drug-likeness (QED) is 0.547. The summed E-state index contributed by atoms with van der Waals surface area (Å²) in [7, 11) is -3.82. The van der Waals surface area contributed by atoms with E-state index in [4.69, 9.17) is 0 Å². The molecule has 0 saturated heterocycles. The van der Waals surface area contributed by atoms with E-state index >= 15 is 0 Å². The number of anilines is 1. The van der Waals surface area contributed by atoms with E-state index < -0.39 is 27.4 Å². The van der Waals surface area contributed by atoms with Crippen LogP contribution in [0.5, 0.6) is 0 Å². The van der Waals surface area contributed by atoms with Crippen molar-refractivity contribution in [3.63, 3.8) is 0 Å². The van der Waals surface area contributed by atoms with Crippen molar-refractivity contribution < 1.29 is 17.2 Å². The molecule has 1 N–H and O–H groups in total. The Hall–Kier alpha value is -3.26. The molecule has 0 fully saturated rings. The Morgan fingerprint density at radius 3 is 2.36 bits per heavy atom. The van der Waals surface area contributed by atoms with Gasteiger partial charge in [0.2, 0.25) is 10.0 Å². The van der Waals surface area contributed by atoms with E-state index in [1.54, 1.807) is 24.3 Å². The van der Waals surface area contributed by atoms with Crippen molar-refractivity contribution in [3.8, 4) is 11.3 Å². The van der Waals surface area contributed by atoms with Crippen LogP contribution < -0.4 is 4.72 Å². The van der Waals surface area contributed by atoms with Crippen LogP contribution >= 0.6 is 0 Å². The second-order valence-corrected chi connectivity index (χ2v) is 8.03. The van der Waals surface area contributed by atoms with Crippen molar-refractivity contribution in [3.05, 3.63) is 90.3 Å². The number of hydrogen-bond donors (Lipinski definition) is 1. The number of fused-ring (bicyclic) bond motifs is 1. The maximum Gasteiger partial charge on any atom is 0.236 e. The van der Waals surface area contributed by atoms with Gasteiger partial charge in [0.05, 0.1) is 11.4 Å². The zero-order valence-electron chi connectivity index (χ0n) is 14.5. The molecule has 2 aromatic heterocycles. The lowest BCUT2D eigenvalue weighted by Gasteiger charge is -2.09. The van der Waals surface area contributed by atoms with Crippen molar-refractivity contribution in [2.45, 2.75) is 5.75 Å². The van der Waals surface area contributed by atoms with Gasteiger partial charge in [-0.2, -0.15) is 0 Å². The molecule has 0 unspecified atom stereocenters. The maximum atomic E-state index is 13.2. The van der Waals surface area contributed by atoms with Gasteiger partial charge < -0.3 is 4.40 Å². The fourth-order valence-corrected chi connectivity index (χ4v) is 4.08. The molecule has 28 heavy (non-hydrogen) atoms. The smallest absolute Gasteiger partial charge is 0.236 e. The number of halogens is 2. The average molecular weight is 399 g/mol. The molecular formula is C20H15F2N3O2S. The molecule has 0 radical (unpaired) electrons. The summed E-state index contributed by atoms with van der Waals surface area (Å²) in [6.45, 7) is 0. The van der Waals surface area contributed by atoms with Crippen LogP contribution in [0.4, 0.5) is 14.5 Å². The summed E-state index contributed by atoms with van der Waals surface area (Å²) in [5.41, 5.74) is 2.79. The van der Waals surface area contributed by atoms with E-state index in [0.717, 1.165) is 29.0 Å². The topological polar surface area (TPSA) is 63.5 Å². The standard InChI is InChI=1S/C20H15F2N3O2S/c21-16-9-14(10-17(22)11-16)13-28(26,27)24-18-6-4-15(5-7-18)19-12-25-8-2-1-3-20(25)23-19/h1-12,24H,13H2. The molecule has 0 atom stereocenters. The molecule has 8 heteroatoms. The minimum Gasteiger partial charge on any atom is -0.306 e. The first kappa shape index (κ1) is 18.1. The van der Waals surface area contributed by atoms with Gasteiger partial charge in [0.25, 0.3) is 0 Å². The highest BCUT2D eigenvalue weighted by Crippen LogP contribution is 2.22. The number of imidazole rings is 1. The molecule has 4 aromatic rings. The van der Waals surface area contributed by atoms with E-state index in [2.05, 4.69) is 9.71 Å². The van der Waals surface area contributed by atoms with Crippen molar-refractivity contribution in [2.24, 2.45) is 0 Å². The molecule has 0 bridgehead atoms. The lowest BCUT2D eigenvalue weighted by atomic mass is 10.1. The Morgan fingerprint density at radius 1 is 0.964 bits per heavy atom. The molecular weight excluding hydrogens is 384 g/mol. The van der Waals surface area contributed by atoms with Gasteiger partial charge in [-0.1, -0.05) is 18.2 Å². The van der Waals surface area contributed by atoms with Gasteiger partial charge >= 0.3 is 0 Å². The summed E-state index contributed by atoms with van der Waals surface area (Å²) >= 11 is 0. The first-order chi connectivity index (χ1) is 13.4. The van der Waals surface area contributed by atoms with Crippen LogP contribution in [0.15, 0.2) is 73.1 Å². The van der Waals surface area contributed by atoms with Crippen molar-refractivity contribution in [2.75, 3.05) is 4.72 Å². The van der Waals surface area contributed by atoms with Gasteiger partial charge in [-0.15, -0.1) is 0 Å². The summed E-state index contributed by atoms with van der Waals surface area (Å²) in [5.74, 6) is -2.17. The molecule has 0 spiro atoms. The first-order valence-corrected chi connectivity index (χ1v) is 10.0. The minimum absolute atomic E-state index is 0.0336. The predicted octanol–water partition coefficient (Wildman–Crippen LogP) is 4.22. The summed E-state index contributed by atoms with van der Waals surface area (Å²) in [4.78, 5) is 4.51. The molecule has 2 heterocycles. The van der Waals surface area contributed by atoms with E-state index in [9.17, 15) is 17.2 Å². The molecule has 2 aromatic carbocycles. The Labute approximate surface area is 160 Å². The Kier molecular flexibility index (Phi) is 4.56. The second kappa shape index (κ2) is 7.05. The number of nitrogens with one attached hydrogen (secondary N) is 1. The van der Waals surface area contributed by atoms with Crippen LogP contribution in [0, 0.1) is 11.6 Å². The fourth-order valence-electron chi connectivity index (χ4n) is 2.91. The average Bonchev–Trinajstić information content (AvgIpc) is 3.04. The zero-order chi connectivity index (χ0) is 19.7. The summed E-state index contributed by atoms with van der Waals surface area (Å²) in [6.07, 6.45) is 3.77. The number of sulfonamides is 1. The van der Waals surface area contributed by atoms with Crippen molar-refractivity contribution in [1.82, 2.24) is 9.38 Å². The van der Waals surface area contributed by atoms with Crippen LogP contribution in [0.2, 0.25) is 0 Å². The SMILES string of the molecule is O=S(=O)(Cc1cc(F)cc(F)c1)Nc1ccc(-c2cn3ccccc3n2)cc1. The molecule has 0 saturated carbocycles. The van der Waals surface area contributed by atoms with Crippen LogP contribution in [-0.2, 0) is 15.8 Å². The second-order valence-electron chi connectivity index (χ2n) is 6.31. The predicted molar refractivity (Wildman–Crippen MR) is 103 cm³/mol. The molecule has 142 valence electrons. The molecule has 0 aliphatic carbocycles. The largest absolute Gasteiger partial charge is 0.306 e. The van der Waals surface area contributed by atoms with E-state index in [1.807, 2.05) is 35.0 Å². The monoisotopic (exact) mass is 399 g/mol. The minimum atomic E-state index is -3.82. The Morgan fingerprint density at radius 2 is 1.68 bits per heavy atom. The highest BCUT2D eigenvalue weighted by molar-refractivity contribution is 7.91. The summed E-state index contributed by atoms with van der Waals surface area (Å²) < 4.78 is 55.4. The number of rotatable bonds is 5. The van der Waals surface area contributed by atoms with Crippen LogP contribution in [-0.4, -0.2) is 17.8 Å². The Balaban J connectivity index is 1.52. The first-order valence-electron chi connectivity index (χ1n) is 8.38. The molecule has 5 nitrogen and oxygen atoms in total. The van der Waals surface area contributed by atoms with Crippen LogP contribution in [0.3, 0.4) is 0 Å². The van der Waals surface area contributed by atoms with E-state index in [0.29, 0.717) is 11.8 Å². The van der Waals surface area contributed by atoms with Crippen molar-refractivity contribution in [1.29, 1.82) is 0 Å². The van der Waals surface area contributed by atoms with Gasteiger partial charge in [-0.25, -0.2) is 22.2 Å². The van der Waals surface area contributed by atoms with Crippen molar-refractivity contribution >= 4 is 21.4 Å². The zero-order valence-corrected chi connectivity index (χ0v) is 15.3. The summed E-state index contributed by atoms with van der Waals surface area (Å²) in [6, 6.07) is 15.1. The third-order valence-electron chi connectivity index (χ3n) is 4.10. The van der Waals surface area contributed by atoms with Crippen LogP contribution in [0.1, 0.15) is 5.56 Å². The Bertz CT molecular complexity index is 1200. The van der Waals surface area contributed by atoms with E-state index in [-0.39, 0.29) is 5.56 Å². The number of hydrogen-bond acceptors (Lipinski definition) is 3. The third kappa shape index (κ3) is 4.01. The molecule has 4 rings (SSSR count). The fraction of sp³-hybridized carbons (Fsp3) is 0.0500. The van der Waals surface area contributed by atoms with Gasteiger partial charge in [-0.05, 0) is 42.0 Å². The number of aromatic nitrogens is 2. The lowest BCUT2D eigenvalue weighted by molar-refractivity contribution is 0.579. The number of benzene rings is 2.